The minimum atomic E-state index is -0.788. The summed E-state index contributed by atoms with van der Waals surface area (Å²) < 4.78 is 16.2. The summed E-state index contributed by atoms with van der Waals surface area (Å²) in [6, 6.07) is 16.1. The second-order valence-electron chi connectivity index (χ2n) is 9.22. The molecular formula is C29H34N2O5. The van der Waals surface area contributed by atoms with E-state index in [2.05, 4.69) is 5.32 Å². The lowest BCUT2D eigenvalue weighted by atomic mass is 10.0. The summed E-state index contributed by atoms with van der Waals surface area (Å²) in [5.74, 6) is 0.963. The first-order valence-electron chi connectivity index (χ1n) is 12.4. The van der Waals surface area contributed by atoms with Crippen LogP contribution in [0, 0.1) is 6.92 Å². The molecule has 1 aliphatic carbocycles. The normalized spacial score (nSPS) is 14.3. The van der Waals surface area contributed by atoms with Crippen LogP contribution >= 0.6 is 0 Å². The van der Waals surface area contributed by atoms with Crippen molar-refractivity contribution in [3.8, 4) is 11.5 Å². The largest absolute Gasteiger partial charge is 0.493 e. The maximum atomic E-state index is 13.7. The van der Waals surface area contributed by atoms with Crippen LogP contribution in [0.3, 0.4) is 0 Å². The highest BCUT2D eigenvalue weighted by atomic mass is 16.5. The average molecular weight is 491 g/mol. The summed E-state index contributed by atoms with van der Waals surface area (Å²) in [4.78, 5) is 29.0. The first-order chi connectivity index (χ1) is 17.5. The molecule has 1 N–H and O–H groups in total. The Hall–Kier alpha value is -3.74. The van der Waals surface area contributed by atoms with Crippen molar-refractivity contribution >= 4 is 11.8 Å². The number of hydrogen-bond acceptors (Lipinski definition) is 5. The Bertz CT molecular complexity index is 1150. The van der Waals surface area contributed by atoms with Crippen molar-refractivity contribution in [2.45, 2.75) is 51.1 Å². The van der Waals surface area contributed by atoms with Crippen molar-refractivity contribution in [1.29, 1.82) is 0 Å². The number of carbonyl (C=O) groups excluding carboxylic acids is 2. The van der Waals surface area contributed by atoms with E-state index < -0.39 is 6.04 Å². The summed E-state index contributed by atoms with van der Waals surface area (Å²) in [6.07, 6.45) is 6.13. The average Bonchev–Trinajstić information content (AvgIpc) is 3.61. The van der Waals surface area contributed by atoms with Crippen molar-refractivity contribution in [2.24, 2.45) is 0 Å². The number of rotatable bonds is 10. The predicted molar refractivity (Wildman–Crippen MR) is 137 cm³/mol. The van der Waals surface area contributed by atoms with Gasteiger partial charge in [-0.15, -0.1) is 0 Å². The number of methoxy groups -OCH3 is 2. The fraction of sp³-hybridized carbons (Fsp3) is 0.379. The van der Waals surface area contributed by atoms with Gasteiger partial charge in [-0.3, -0.25) is 9.59 Å². The lowest BCUT2D eigenvalue weighted by Gasteiger charge is -2.32. The molecule has 0 aliphatic heterocycles. The van der Waals surface area contributed by atoms with Crippen LogP contribution in [0.25, 0.3) is 0 Å². The molecule has 3 aromatic rings. The number of carbonyl (C=O) groups is 2. The van der Waals surface area contributed by atoms with Crippen molar-refractivity contribution in [2.75, 3.05) is 20.8 Å². The molecule has 1 heterocycles. The molecule has 0 radical (unpaired) electrons. The molecule has 2 amide bonds. The summed E-state index contributed by atoms with van der Waals surface area (Å²) in [5, 5.41) is 3.20. The minimum Gasteiger partial charge on any atom is -0.493 e. The highest BCUT2D eigenvalue weighted by Crippen LogP contribution is 2.30. The van der Waals surface area contributed by atoms with Crippen molar-refractivity contribution in [3.05, 3.63) is 83.3 Å². The molecule has 36 heavy (non-hydrogen) atoms. The van der Waals surface area contributed by atoms with Gasteiger partial charge in [-0.2, -0.15) is 0 Å². The quantitative estimate of drug-likeness (QED) is 0.428. The van der Waals surface area contributed by atoms with Gasteiger partial charge in [-0.1, -0.05) is 48.7 Å². The number of nitrogens with one attached hydrogen (secondary N) is 1. The smallest absolute Gasteiger partial charge is 0.290 e. The van der Waals surface area contributed by atoms with Gasteiger partial charge in [0.1, 0.15) is 6.04 Å². The minimum absolute atomic E-state index is 0.136. The Morgan fingerprint density at radius 2 is 1.75 bits per heavy atom. The van der Waals surface area contributed by atoms with E-state index in [1.54, 1.807) is 31.3 Å². The first-order valence-corrected chi connectivity index (χ1v) is 12.4. The van der Waals surface area contributed by atoms with Gasteiger partial charge >= 0.3 is 0 Å². The zero-order valence-electron chi connectivity index (χ0n) is 21.2. The molecule has 1 fully saturated rings. The van der Waals surface area contributed by atoms with E-state index >= 15 is 0 Å². The van der Waals surface area contributed by atoms with E-state index in [-0.39, 0.29) is 23.6 Å². The highest BCUT2D eigenvalue weighted by Gasteiger charge is 2.34. The second-order valence-corrected chi connectivity index (χ2v) is 9.22. The zero-order chi connectivity index (χ0) is 25.5. The van der Waals surface area contributed by atoms with Gasteiger partial charge in [0, 0.05) is 12.6 Å². The Kier molecular flexibility index (Phi) is 8.31. The molecule has 190 valence electrons. The number of hydrogen-bond donors (Lipinski definition) is 1. The van der Waals surface area contributed by atoms with Gasteiger partial charge in [-0.25, -0.2) is 0 Å². The maximum absolute atomic E-state index is 13.7. The van der Waals surface area contributed by atoms with Crippen LogP contribution in [0.5, 0.6) is 11.5 Å². The van der Waals surface area contributed by atoms with E-state index in [9.17, 15) is 9.59 Å². The first kappa shape index (κ1) is 25.4. The molecule has 1 aliphatic rings. The number of furan rings is 1. The van der Waals surface area contributed by atoms with Gasteiger partial charge in [0.25, 0.3) is 5.91 Å². The summed E-state index contributed by atoms with van der Waals surface area (Å²) in [6.45, 7) is 2.31. The Balaban J connectivity index is 1.67. The number of nitrogens with zero attached hydrogens (tertiary/aromatic N) is 1. The SMILES string of the molecule is COc1ccc(CCN(C(=O)c2ccco2)[C@H](C(=O)NC2CCCC2)c2ccc(C)cc2)cc1OC. The second kappa shape index (κ2) is 11.8. The molecule has 0 spiro atoms. The lowest BCUT2D eigenvalue weighted by molar-refractivity contribution is -0.126. The van der Waals surface area contributed by atoms with Gasteiger partial charge in [0.15, 0.2) is 17.3 Å². The van der Waals surface area contributed by atoms with Crippen LogP contribution in [-0.4, -0.2) is 43.5 Å². The third-order valence-corrected chi connectivity index (χ3v) is 6.74. The highest BCUT2D eigenvalue weighted by molar-refractivity contribution is 5.96. The Labute approximate surface area is 212 Å². The van der Waals surface area contributed by atoms with Crippen LogP contribution in [0.2, 0.25) is 0 Å². The van der Waals surface area contributed by atoms with Gasteiger partial charge in [-0.05, 0) is 61.6 Å². The molecule has 1 saturated carbocycles. The fourth-order valence-electron chi connectivity index (χ4n) is 4.75. The molecule has 2 aromatic carbocycles. The number of aryl methyl sites for hydroxylation is 1. The summed E-state index contributed by atoms with van der Waals surface area (Å²) in [7, 11) is 3.19. The molecule has 4 rings (SSSR count). The third kappa shape index (κ3) is 5.90. The van der Waals surface area contributed by atoms with Crippen LogP contribution < -0.4 is 14.8 Å². The summed E-state index contributed by atoms with van der Waals surface area (Å²) in [5.41, 5.74) is 2.81. The predicted octanol–water partition coefficient (Wildman–Crippen LogP) is 5.09. The van der Waals surface area contributed by atoms with Crippen LogP contribution in [-0.2, 0) is 11.2 Å². The van der Waals surface area contributed by atoms with Crippen molar-refractivity contribution < 1.29 is 23.5 Å². The van der Waals surface area contributed by atoms with E-state index in [0.29, 0.717) is 24.5 Å². The monoisotopic (exact) mass is 490 g/mol. The molecule has 1 atom stereocenters. The topological polar surface area (TPSA) is 81.0 Å². The van der Waals surface area contributed by atoms with Crippen LogP contribution in [0.15, 0.2) is 65.3 Å². The Morgan fingerprint density at radius 1 is 1.03 bits per heavy atom. The number of benzene rings is 2. The lowest BCUT2D eigenvalue weighted by Crippen LogP contribution is -2.46. The van der Waals surface area contributed by atoms with Crippen LogP contribution in [0.4, 0.5) is 0 Å². The molecular weight excluding hydrogens is 456 g/mol. The molecule has 1 aromatic heterocycles. The maximum Gasteiger partial charge on any atom is 0.290 e. The van der Waals surface area contributed by atoms with Gasteiger partial charge in [0.2, 0.25) is 5.91 Å². The third-order valence-electron chi connectivity index (χ3n) is 6.74. The standard InChI is InChI=1S/C29H34N2O5/c1-20-10-13-22(14-11-20)27(28(32)30-23-7-4-5-8-23)31(29(33)25-9-6-18-36-25)17-16-21-12-15-24(34-2)26(19-21)35-3/h6,9-15,18-19,23,27H,4-5,7-8,16-17H2,1-3H3,(H,30,32)/t27-/m0/s1. The van der Waals surface area contributed by atoms with E-state index in [0.717, 1.165) is 42.4 Å². The van der Waals surface area contributed by atoms with E-state index in [4.69, 9.17) is 13.9 Å². The van der Waals surface area contributed by atoms with Crippen molar-refractivity contribution in [1.82, 2.24) is 10.2 Å². The summed E-state index contributed by atoms with van der Waals surface area (Å²) >= 11 is 0. The van der Waals surface area contributed by atoms with Gasteiger partial charge in [0.05, 0.1) is 20.5 Å². The van der Waals surface area contributed by atoms with Crippen molar-refractivity contribution in [3.63, 3.8) is 0 Å². The molecule has 7 heteroatoms. The number of amides is 2. The van der Waals surface area contributed by atoms with Gasteiger partial charge < -0.3 is 24.1 Å². The molecule has 7 nitrogen and oxygen atoms in total. The fourth-order valence-corrected chi connectivity index (χ4v) is 4.75. The van der Waals surface area contributed by atoms with E-state index in [1.165, 1.54) is 6.26 Å². The molecule has 0 bridgehead atoms. The molecule has 0 saturated heterocycles. The zero-order valence-corrected chi connectivity index (χ0v) is 21.2. The number of ether oxygens (including phenoxy) is 2. The van der Waals surface area contributed by atoms with Crippen LogP contribution in [0.1, 0.15) is 59.0 Å². The molecule has 0 unspecified atom stereocenters. The van der Waals surface area contributed by atoms with E-state index in [1.807, 2.05) is 49.4 Å². The Morgan fingerprint density at radius 3 is 2.39 bits per heavy atom.